The maximum absolute atomic E-state index is 12.8. The second-order valence-electron chi connectivity index (χ2n) is 6.41. The maximum atomic E-state index is 12.8. The first-order valence-corrected chi connectivity index (χ1v) is 9.83. The lowest BCUT2D eigenvalue weighted by Gasteiger charge is -2.30. The third-order valence-corrected chi connectivity index (χ3v) is 6.22. The Morgan fingerprint density at radius 1 is 1.19 bits per heavy atom. The zero-order valence-corrected chi connectivity index (χ0v) is 15.2. The first-order chi connectivity index (χ1) is 12.4. The molecule has 7 nitrogen and oxygen atoms in total. The van der Waals surface area contributed by atoms with Crippen molar-refractivity contribution in [2.45, 2.75) is 24.7 Å². The van der Waals surface area contributed by atoms with Gasteiger partial charge < -0.3 is 4.74 Å². The van der Waals surface area contributed by atoms with Crippen LogP contribution in [0, 0.1) is 16.0 Å². The molecular formula is C18H20N2O5S. The van der Waals surface area contributed by atoms with Gasteiger partial charge in [0, 0.05) is 19.2 Å². The van der Waals surface area contributed by atoms with Crippen LogP contribution < -0.4 is 4.74 Å². The highest BCUT2D eigenvalue weighted by molar-refractivity contribution is 7.89. The molecule has 2 aromatic carbocycles. The molecule has 1 aliphatic heterocycles. The third kappa shape index (κ3) is 3.86. The number of nitrogens with zero attached hydrogens (tertiary/aromatic N) is 2. The predicted molar refractivity (Wildman–Crippen MR) is 96.8 cm³/mol. The molecule has 0 saturated carbocycles. The monoisotopic (exact) mass is 376 g/mol. The summed E-state index contributed by atoms with van der Waals surface area (Å²) in [5.74, 6) is 0.720. The van der Waals surface area contributed by atoms with Gasteiger partial charge in [-0.15, -0.1) is 0 Å². The van der Waals surface area contributed by atoms with Gasteiger partial charge >= 0.3 is 5.69 Å². The van der Waals surface area contributed by atoms with Crippen molar-refractivity contribution in [2.75, 3.05) is 13.1 Å². The van der Waals surface area contributed by atoms with E-state index in [1.807, 2.05) is 6.92 Å². The summed E-state index contributed by atoms with van der Waals surface area (Å²) in [5.41, 5.74) is -0.375. The summed E-state index contributed by atoms with van der Waals surface area (Å²) in [5, 5.41) is 11.4. The van der Waals surface area contributed by atoms with Crippen LogP contribution in [0.2, 0.25) is 0 Å². The number of para-hydroxylation sites is 1. The zero-order chi connectivity index (χ0) is 18.7. The molecule has 1 aliphatic rings. The smallest absolute Gasteiger partial charge is 0.312 e. The maximum Gasteiger partial charge on any atom is 0.312 e. The van der Waals surface area contributed by atoms with Crippen LogP contribution in [0.25, 0.3) is 0 Å². The van der Waals surface area contributed by atoms with Gasteiger partial charge in [0.2, 0.25) is 15.8 Å². The van der Waals surface area contributed by atoms with Crippen molar-refractivity contribution < 1.29 is 18.1 Å². The fraction of sp³-hybridized carbons (Fsp3) is 0.333. The molecule has 8 heteroatoms. The largest absolute Gasteiger partial charge is 0.450 e. The molecule has 0 spiro atoms. The lowest BCUT2D eigenvalue weighted by atomic mass is 10.0. The lowest BCUT2D eigenvalue weighted by Crippen LogP contribution is -2.39. The Hall–Kier alpha value is -2.45. The van der Waals surface area contributed by atoms with Gasteiger partial charge in [-0.1, -0.05) is 25.1 Å². The summed E-state index contributed by atoms with van der Waals surface area (Å²) >= 11 is 0. The summed E-state index contributed by atoms with van der Waals surface area (Å²) < 4.78 is 32.6. The molecule has 0 aromatic heterocycles. The highest BCUT2D eigenvalue weighted by Gasteiger charge is 2.31. The third-order valence-electron chi connectivity index (χ3n) is 4.36. The number of rotatable bonds is 5. The van der Waals surface area contributed by atoms with E-state index in [9.17, 15) is 18.5 Å². The quantitative estimate of drug-likeness (QED) is 0.585. The molecule has 0 unspecified atom stereocenters. The Morgan fingerprint density at radius 2 is 1.92 bits per heavy atom. The van der Waals surface area contributed by atoms with Crippen molar-refractivity contribution in [3.63, 3.8) is 0 Å². The van der Waals surface area contributed by atoms with Crippen LogP contribution in [0.5, 0.6) is 11.5 Å². The fourth-order valence-corrected chi connectivity index (χ4v) is 4.63. The van der Waals surface area contributed by atoms with E-state index < -0.39 is 14.9 Å². The van der Waals surface area contributed by atoms with Gasteiger partial charge in [-0.2, -0.15) is 4.31 Å². The predicted octanol–water partition coefficient (Wildman–Crippen LogP) is 3.81. The summed E-state index contributed by atoms with van der Waals surface area (Å²) in [4.78, 5) is 10.7. The number of hydrogen-bond donors (Lipinski definition) is 0. The molecule has 1 heterocycles. The van der Waals surface area contributed by atoms with Crippen molar-refractivity contribution in [3.8, 4) is 11.5 Å². The molecule has 0 bridgehead atoms. The Balaban J connectivity index is 1.94. The van der Waals surface area contributed by atoms with Crippen LogP contribution in [-0.4, -0.2) is 30.7 Å². The molecule has 26 heavy (non-hydrogen) atoms. The number of benzene rings is 2. The minimum absolute atomic E-state index is 0.00663. The molecule has 3 rings (SSSR count). The van der Waals surface area contributed by atoms with Crippen LogP contribution in [0.1, 0.15) is 19.8 Å². The minimum Gasteiger partial charge on any atom is -0.450 e. The number of nitro benzene ring substituents is 1. The van der Waals surface area contributed by atoms with Crippen molar-refractivity contribution in [2.24, 2.45) is 5.92 Å². The standard InChI is InChI=1S/C18H20N2O5S/c1-14-6-5-11-19(13-14)26(23,24)16-9-10-18(17(12-16)20(21)22)25-15-7-3-2-4-8-15/h2-4,7-10,12,14H,5-6,11,13H2,1H3/t14-/m0/s1. The van der Waals surface area contributed by atoms with Crippen molar-refractivity contribution in [1.29, 1.82) is 0 Å². The van der Waals surface area contributed by atoms with Crippen molar-refractivity contribution in [1.82, 2.24) is 4.31 Å². The molecule has 1 fully saturated rings. The number of hydrogen-bond acceptors (Lipinski definition) is 5. The minimum atomic E-state index is -3.77. The molecule has 0 amide bonds. The van der Waals surface area contributed by atoms with Gasteiger partial charge in [0.05, 0.1) is 9.82 Å². The molecule has 1 saturated heterocycles. The number of nitro groups is 1. The van der Waals surface area contributed by atoms with Gasteiger partial charge in [-0.3, -0.25) is 10.1 Å². The zero-order valence-electron chi connectivity index (χ0n) is 14.4. The summed E-state index contributed by atoms with van der Waals surface area (Å²) in [7, 11) is -3.77. The van der Waals surface area contributed by atoms with E-state index in [0.717, 1.165) is 18.9 Å². The Kier molecular flexibility index (Phi) is 5.24. The van der Waals surface area contributed by atoms with E-state index in [0.29, 0.717) is 18.8 Å². The highest BCUT2D eigenvalue weighted by Crippen LogP contribution is 2.34. The van der Waals surface area contributed by atoms with Crippen LogP contribution in [0.3, 0.4) is 0 Å². The number of piperidine rings is 1. The topological polar surface area (TPSA) is 89.8 Å². The Labute approximate surface area is 152 Å². The van der Waals surface area contributed by atoms with Gasteiger partial charge in [-0.05, 0) is 43.0 Å². The molecule has 2 aromatic rings. The average Bonchev–Trinajstić information content (AvgIpc) is 2.62. The van der Waals surface area contributed by atoms with E-state index in [1.165, 1.54) is 16.4 Å². The summed E-state index contributed by atoms with van der Waals surface area (Å²) in [6.07, 6.45) is 1.77. The fourth-order valence-electron chi connectivity index (χ4n) is 3.02. The van der Waals surface area contributed by atoms with Crippen LogP contribution in [0.15, 0.2) is 53.4 Å². The Morgan fingerprint density at radius 3 is 2.58 bits per heavy atom. The van der Waals surface area contributed by atoms with E-state index in [2.05, 4.69) is 0 Å². The normalized spacial score (nSPS) is 18.4. The number of sulfonamides is 1. The van der Waals surface area contributed by atoms with Crippen LogP contribution in [0.4, 0.5) is 5.69 Å². The van der Waals surface area contributed by atoms with E-state index in [-0.39, 0.29) is 22.3 Å². The Bertz CT molecular complexity index is 899. The van der Waals surface area contributed by atoms with Gasteiger partial charge in [-0.25, -0.2) is 8.42 Å². The summed E-state index contributed by atoms with van der Waals surface area (Å²) in [6.45, 7) is 2.86. The highest BCUT2D eigenvalue weighted by atomic mass is 32.2. The number of ether oxygens (including phenoxy) is 1. The van der Waals surface area contributed by atoms with Crippen LogP contribution >= 0.6 is 0 Å². The van der Waals surface area contributed by atoms with Crippen molar-refractivity contribution >= 4 is 15.7 Å². The second-order valence-corrected chi connectivity index (χ2v) is 8.35. The summed E-state index contributed by atoms with van der Waals surface area (Å²) in [6, 6.07) is 12.4. The molecule has 0 radical (unpaired) electrons. The molecular weight excluding hydrogens is 356 g/mol. The molecule has 138 valence electrons. The van der Waals surface area contributed by atoms with Gasteiger partial charge in [0.25, 0.3) is 0 Å². The van der Waals surface area contributed by atoms with Gasteiger partial charge in [0.1, 0.15) is 5.75 Å². The first kappa shape index (κ1) is 18.3. The van der Waals surface area contributed by atoms with E-state index in [4.69, 9.17) is 4.74 Å². The average molecular weight is 376 g/mol. The van der Waals surface area contributed by atoms with Crippen molar-refractivity contribution in [3.05, 3.63) is 58.6 Å². The van der Waals surface area contributed by atoms with Crippen LogP contribution in [-0.2, 0) is 10.0 Å². The lowest BCUT2D eigenvalue weighted by molar-refractivity contribution is -0.385. The SMILES string of the molecule is C[C@H]1CCCN(S(=O)(=O)c2ccc(Oc3ccccc3)c([N+](=O)[O-])c2)C1. The van der Waals surface area contributed by atoms with Gasteiger partial charge in [0.15, 0.2) is 0 Å². The molecule has 1 atom stereocenters. The molecule has 0 N–H and O–H groups in total. The molecule has 0 aliphatic carbocycles. The van der Waals surface area contributed by atoms with E-state index in [1.54, 1.807) is 30.3 Å². The first-order valence-electron chi connectivity index (χ1n) is 8.39. The second kappa shape index (κ2) is 7.43. The van der Waals surface area contributed by atoms with E-state index >= 15 is 0 Å².